The Kier molecular flexibility index (Phi) is 4.02. The maximum Gasteiger partial charge on any atom is 0.205 e. The molecule has 1 atom stereocenters. The predicted octanol–water partition coefficient (Wildman–Crippen LogP) is 2.87. The second-order valence-corrected chi connectivity index (χ2v) is 4.64. The first-order valence-electron chi connectivity index (χ1n) is 5.46. The topological polar surface area (TPSA) is 17.1 Å². The average Bonchev–Trinajstić information content (AvgIpc) is 2.50. The van der Waals surface area contributed by atoms with Crippen LogP contribution >= 0.6 is 0 Å². The van der Waals surface area contributed by atoms with E-state index in [1.807, 2.05) is 7.28 Å². The van der Waals surface area contributed by atoms with Gasteiger partial charge in [-0.05, 0) is 12.8 Å². The minimum atomic E-state index is 0.241. The van der Waals surface area contributed by atoms with Crippen molar-refractivity contribution in [2.75, 3.05) is 0 Å². The molecule has 0 aromatic carbocycles. The van der Waals surface area contributed by atoms with Gasteiger partial charge in [-0.3, -0.25) is 0 Å². The summed E-state index contributed by atoms with van der Waals surface area (Å²) in [6.07, 6.45) is 5.37. The Morgan fingerprint density at radius 3 is 2.23 bits per heavy atom. The summed E-state index contributed by atoms with van der Waals surface area (Å²) in [6, 6.07) is 0. The lowest BCUT2D eigenvalue weighted by Gasteiger charge is -2.25. The van der Waals surface area contributed by atoms with Crippen LogP contribution in [0.1, 0.15) is 46.5 Å². The van der Waals surface area contributed by atoms with Crippen LogP contribution in [0.15, 0.2) is 0 Å². The Labute approximate surface area is 82.5 Å². The molecule has 0 spiro atoms. The van der Waals surface area contributed by atoms with Crippen molar-refractivity contribution in [3.63, 3.8) is 0 Å². The highest BCUT2D eigenvalue weighted by molar-refractivity contribution is 6.74. The molecule has 1 saturated carbocycles. The Hall–Kier alpha value is -0.265. The SMILES string of the molecule is CC(=O)[B]C(C(C)C)C1CCCC1. The highest BCUT2D eigenvalue weighted by Crippen LogP contribution is 2.38. The van der Waals surface area contributed by atoms with Crippen LogP contribution in [0.3, 0.4) is 0 Å². The number of carbonyl (C=O) groups excluding carboxylic acids is 1. The molecule has 1 unspecified atom stereocenters. The first-order valence-corrected chi connectivity index (χ1v) is 5.46. The summed E-state index contributed by atoms with van der Waals surface area (Å²) in [5.74, 6) is 1.93. The molecule has 0 N–H and O–H groups in total. The van der Waals surface area contributed by atoms with Crippen LogP contribution in [0, 0.1) is 11.8 Å². The minimum Gasteiger partial charge on any atom is -0.312 e. The predicted molar refractivity (Wildman–Crippen MR) is 57.0 cm³/mol. The van der Waals surface area contributed by atoms with Gasteiger partial charge in [0.05, 0.1) is 5.68 Å². The van der Waals surface area contributed by atoms with Gasteiger partial charge in [-0.1, -0.05) is 51.3 Å². The van der Waals surface area contributed by atoms with E-state index in [2.05, 4.69) is 13.8 Å². The average molecular weight is 179 g/mol. The van der Waals surface area contributed by atoms with Crippen molar-refractivity contribution >= 4 is 13.0 Å². The second-order valence-electron chi connectivity index (χ2n) is 4.64. The van der Waals surface area contributed by atoms with Crippen LogP contribution in [0.5, 0.6) is 0 Å². The molecular formula is C11H20BO. The lowest BCUT2D eigenvalue weighted by Crippen LogP contribution is -2.23. The van der Waals surface area contributed by atoms with Crippen molar-refractivity contribution < 1.29 is 4.79 Å². The van der Waals surface area contributed by atoms with Gasteiger partial charge >= 0.3 is 0 Å². The van der Waals surface area contributed by atoms with E-state index in [1.54, 1.807) is 6.92 Å². The van der Waals surface area contributed by atoms with Gasteiger partial charge in [-0.25, -0.2) is 0 Å². The molecule has 13 heavy (non-hydrogen) atoms. The monoisotopic (exact) mass is 179 g/mol. The molecule has 2 heteroatoms. The van der Waals surface area contributed by atoms with Gasteiger partial charge in [-0.2, -0.15) is 0 Å². The minimum absolute atomic E-state index is 0.241. The second kappa shape index (κ2) is 4.83. The fraction of sp³-hybridized carbons (Fsp3) is 0.909. The molecule has 0 aromatic rings. The molecule has 1 nitrogen and oxygen atoms in total. The third kappa shape index (κ3) is 3.17. The molecule has 0 amide bonds. The Bertz CT molecular complexity index is 171. The highest BCUT2D eigenvalue weighted by Gasteiger charge is 2.28. The zero-order chi connectivity index (χ0) is 9.84. The summed E-state index contributed by atoms with van der Waals surface area (Å²) in [5.41, 5.74) is 0.241. The molecule has 1 aliphatic carbocycles. The van der Waals surface area contributed by atoms with E-state index in [0.717, 1.165) is 5.92 Å². The van der Waals surface area contributed by atoms with Crippen molar-refractivity contribution in [3.05, 3.63) is 0 Å². The van der Waals surface area contributed by atoms with Crippen molar-refractivity contribution in [1.82, 2.24) is 0 Å². The van der Waals surface area contributed by atoms with Crippen molar-refractivity contribution in [3.8, 4) is 0 Å². The van der Waals surface area contributed by atoms with E-state index in [9.17, 15) is 4.79 Å². The van der Waals surface area contributed by atoms with Crippen LogP contribution in [-0.2, 0) is 4.79 Å². The smallest absolute Gasteiger partial charge is 0.205 e. The van der Waals surface area contributed by atoms with Crippen LogP contribution in [0.4, 0.5) is 0 Å². The summed E-state index contributed by atoms with van der Waals surface area (Å²) < 4.78 is 0. The zero-order valence-corrected chi connectivity index (χ0v) is 9.05. The standard InChI is InChI=1S/C11H20BO/c1-8(2)11(12-9(3)13)10-6-4-5-7-10/h8,10-11H,4-7H2,1-3H3. The van der Waals surface area contributed by atoms with E-state index in [1.165, 1.54) is 25.7 Å². The van der Waals surface area contributed by atoms with Gasteiger partial charge in [0.1, 0.15) is 0 Å². The molecule has 73 valence electrons. The van der Waals surface area contributed by atoms with Crippen LogP contribution in [0.2, 0.25) is 5.82 Å². The van der Waals surface area contributed by atoms with Gasteiger partial charge in [0.15, 0.2) is 0 Å². The third-order valence-electron chi connectivity index (χ3n) is 3.14. The Morgan fingerprint density at radius 1 is 1.31 bits per heavy atom. The van der Waals surface area contributed by atoms with Crippen molar-refractivity contribution in [2.45, 2.75) is 52.3 Å². The van der Waals surface area contributed by atoms with E-state index in [0.29, 0.717) is 11.7 Å². The molecule has 0 aliphatic heterocycles. The van der Waals surface area contributed by atoms with Crippen LogP contribution < -0.4 is 0 Å². The number of carbonyl (C=O) groups is 1. The summed E-state index contributed by atoms with van der Waals surface area (Å²) in [6.45, 7) is 6.12. The molecule has 0 heterocycles. The van der Waals surface area contributed by atoms with Crippen molar-refractivity contribution in [1.29, 1.82) is 0 Å². The lowest BCUT2D eigenvalue weighted by atomic mass is 9.52. The summed E-state index contributed by atoms with van der Waals surface area (Å²) >= 11 is 0. The fourth-order valence-corrected chi connectivity index (χ4v) is 2.49. The number of hydrogen-bond acceptors (Lipinski definition) is 1. The van der Waals surface area contributed by atoms with Gasteiger partial charge in [0, 0.05) is 0 Å². The van der Waals surface area contributed by atoms with E-state index in [4.69, 9.17) is 0 Å². The summed E-state index contributed by atoms with van der Waals surface area (Å²) in [7, 11) is 1.95. The zero-order valence-electron chi connectivity index (χ0n) is 9.05. The molecule has 1 aliphatic rings. The molecule has 0 aromatic heterocycles. The quantitative estimate of drug-likeness (QED) is 0.606. The van der Waals surface area contributed by atoms with E-state index >= 15 is 0 Å². The van der Waals surface area contributed by atoms with Crippen LogP contribution in [0.25, 0.3) is 0 Å². The molecule has 0 bridgehead atoms. The molecule has 0 saturated heterocycles. The largest absolute Gasteiger partial charge is 0.312 e. The third-order valence-corrected chi connectivity index (χ3v) is 3.14. The maximum absolute atomic E-state index is 11.1. The van der Waals surface area contributed by atoms with Crippen LogP contribution in [-0.4, -0.2) is 13.0 Å². The molecule has 1 rings (SSSR count). The van der Waals surface area contributed by atoms with Gasteiger partial charge in [0.2, 0.25) is 7.28 Å². The summed E-state index contributed by atoms with van der Waals surface area (Å²) in [4.78, 5) is 11.1. The van der Waals surface area contributed by atoms with Crippen molar-refractivity contribution in [2.24, 2.45) is 11.8 Å². The Morgan fingerprint density at radius 2 is 1.85 bits per heavy atom. The van der Waals surface area contributed by atoms with E-state index in [-0.39, 0.29) is 5.68 Å². The van der Waals surface area contributed by atoms with Gasteiger partial charge in [-0.15, -0.1) is 0 Å². The fourth-order valence-electron chi connectivity index (χ4n) is 2.49. The number of rotatable bonds is 4. The molecule has 1 radical (unpaired) electrons. The molecule has 1 fully saturated rings. The normalized spacial score (nSPS) is 20.6. The summed E-state index contributed by atoms with van der Waals surface area (Å²) in [5, 5.41) is 0. The maximum atomic E-state index is 11.1. The van der Waals surface area contributed by atoms with E-state index < -0.39 is 0 Å². The first kappa shape index (κ1) is 10.8. The number of hydrogen-bond donors (Lipinski definition) is 0. The first-order chi connectivity index (χ1) is 6.11. The highest BCUT2D eigenvalue weighted by atomic mass is 16.1. The Balaban J connectivity index is 2.50. The molecular weight excluding hydrogens is 159 g/mol. The van der Waals surface area contributed by atoms with Gasteiger partial charge in [0.25, 0.3) is 0 Å². The van der Waals surface area contributed by atoms with Gasteiger partial charge < -0.3 is 4.79 Å². The lowest BCUT2D eigenvalue weighted by molar-refractivity contribution is -0.110.